The molecule has 0 saturated heterocycles. The Morgan fingerprint density at radius 1 is 1.41 bits per heavy atom. The fraction of sp³-hybridized carbons (Fsp3) is 0.545. The number of aryl methyl sites for hydroxylation is 1. The van der Waals surface area contributed by atoms with Crippen LogP contribution in [0.15, 0.2) is 10.7 Å². The maximum absolute atomic E-state index is 11.8. The number of rotatable bonds is 5. The summed E-state index contributed by atoms with van der Waals surface area (Å²) in [6, 6.07) is 1.75. The van der Waals surface area contributed by atoms with Crippen LogP contribution in [0, 0.1) is 6.92 Å². The number of nitrogens with zero attached hydrogens (tertiary/aromatic N) is 3. The van der Waals surface area contributed by atoms with Gasteiger partial charge in [-0.05, 0) is 36.7 Å². The fourth-order valence-electron chi connectivity index (χ4n) is 1.48. The standard InChI is InChI=1S/C11H17BrN4O/c1-4-16(5-2)11(17)7-13-10-6-9(12)14-8(3)15-10/h6H,4-5,7H2,1-3H3,(H,13,14,15). The monoisotopic (exact) mass is 300 g/mol. The molecular formula is C11H17BrN4O. The highest BCUT2D eigenvalue weighted by Gasteiger charge is 2.09. The van der Waals surface area contributed by atoms with Crippen molar-refractivity contribution in [3.05, 3.63) is 16.5 Å². The highest BCUT2D eigenvalue weighted by atomic mass is 79.9. The van der Waals surface area contributed by atoms with Crippen molar-refractivity contribution in [3.8, 4) is 0 Å². The largest absolute Gasteiger partial charge is 0.361 e. The predicted molar refractivity (Wildman–Crippen MR) is 70.9 cm³/mol. The zero-order valence-electron chi connectivity index (χ0n) is 10.3. The highest BCUT2D eigenvalue weighted by Crippen LogP contribution is 2.11. The van der Waals surface area contributed by atoms with Crippen LogP contribution in [0.1, 0.15) is 19.7 Å². The molecule has 17 heavy (non-hydrogen) atoms. The summed E-state index contributed by atoms with van der Waals surface area (Å²) in [5, 5.41) is 3.00. The lowest BCUT2D eigenvalue weighted by molar-refractivity contribution is -0.128. The van der Waals surface area contributed by atoms with Crippen LogP contribution in [-0.2, 0) is 4.79 Å². The van der Waals surface area contributed by atoms with Gasteiger partial charge in [0, 0.05) is 19.2 Å². The highest BCUT2D eigenvalue weighted by molar-refractivity contribution is 9.10. The number of carbonyl (C=O) groups is 1. The number of carbonyl (C=O) groups excluding carboxylic acids is 1. The number of amides is 1. The van der Waals surface area contributed by atoms with Gasteiger partial charge in [0.25, 0.3) is 0 Å². The molecule has 1 amide bonds. The molecule has 0 aliphatic carbocycles. The Hall–Kier alpha value is -1.17. The molecule has 6 heteroatoms. The molecule has 1 N–H and O–H groups in total. The Morgan fingerprint density at radius 2 is 2.06 bits per heavy atom. The van der Waals surface area contributed by atoms with Gasteiger partial charge in [-0.1, -0.05) is 0 Å². The van der Waals surface area contributed by atoms with Crippen LogP contribution in [-0.4, -0.2) is 40.4 Å². The number of aromatic nitrogens is 2. The van der Waals surface area contributed by atoms with E-state index < -0.39 is 0 Å². The van der Waals surface area contributed by atoms with E-state index in [9.17, 15) is 4.79 Å². The van der Waals surface area contributed by atoms with E-state index in [1.54, 1.807) is 11.0 Å². The maximum atomic E-state index is 11.8. The Bertz CT molecular complexity index is 373. The number of anilines is 1. The van der Waals surface area contributed by atoms with Crippen molar-refractivity contribution in [2.75, 3.05) is 25.0 Å². The quantitative estimate of drug-likeness (QED) is 0.843. The zero-order valence-corrected chi connectivity index (χ0v) is 11.9. The minimum Gasteiger partial charge on any atom is -0.361 e. The Balaban J connectivity index is 2.58. The molecule has 1 aromatic rings. The molecule has 1 heterocycles. The SMILES string of the molecule is CCN(CC)C(=O)CNc1cc(Br)nc(C)n1. The van der Waals surface area contributed by atoms with Crippen molar-refractivity contribution >= 4 is 27.7 Å². The average molecular weight is 301 g/mol. The Labute approximate surface area is 110 Å². The molecule has 0 radical (unpaired) electrons. The number of hydrogen-bond acceptors (Lipinski definition) is 4. The number of likely N-dealkylation sites (N-methyl/N-ethyl adjacent to an activating group) is 1. The van der Waals surface area contributed by atoms with Gasteiger partial charge in [-0.15, -0.1) is 0 Å². The van der Waals surface area contributed by atoms with E-state index in [2.05, 4.69) is 31.2 Å². The minimum atomic E-state index is 0.0717. The third kappa shape index (κ3) is 4.30. The van der Waals surface area contributed by atoms with Gasteiger partial charge < -0.3 is 10.2 Å². The van der Waals surface area contributed by atoms with Crippen LogP contribution in [0.4, 0.5) is 5.82 Å². The van der Waals surface area contributed by atoms with Gasteiger partial charge in [0.15, 0.2) is 0 Å². The van der Waals surface area contributed by atoms with Gasteiger partial charge in [0.05, 0.1) is 6.54 Å². The topological polar surface area (TPSA) is 58.1 Å². The number of nitrogens with one attached hydrogen (secondary N) is 1. The first-order valence-electron chi connectivity index (χ1n) is 5.59. The van der Waals surface area contributed by atoms with Crippen molar-refractivity contribution < 1.29 is 4.79 Å². The minimum absolute atomic E-state index is 0.0717. The van der Waals surface area contributed by atoms with Gasteiger partial charge in [0.1, 0.15) is 16.2 Å². The first-order valence-corrected chi connectivity index (χ1v) is 6.39. The van der Waals surface area contributed by atoms with Gasteiger partial charge in [-0.25, -0.2) is 9.97 Å². The first kappa shape index (κ1) is 13.9. The van der Waals surface area contributed by atoms with Gasteiger partial charge in [-0.2, -0.15) is 0 Å². The van der Waals surface area contributed by atoms with E-state index >= 15 is 0 Å². The first-order chi connectivity index (χ1) is 8.06. The van der Waals surface area contributed by atoms with Crippen molar-refractivity contribution in [2.45, 2.75) is 20.8 Å². The van der Waals surface area contributed by atoms with Gasteiger partial charge in [0.2, 0.25) is 5.91 Å². The van der Waals surface area contributed by atoms with Crippen LogP contribution in [0.25, 0.3) is 0 Å². The molecule has 0 atom stereocenters. The van der Waals surface area contributed by atoms with Crippen molar-refractivity contribution in [1.82, 2.24) is 14.9 Å². The smallest absolute Gasteiger partial charge is 0.241 e. The summed E-state index contributed by atoms with van der Waals surface area (Å²) >= 11 is 3.29. The second kappa shape index (κ2) is 6.54. The van der Waals surface area contributed by atoms with Crippen molar-refractivity contribution in [1.29, 1.82) is 0 Å². The summed E-state index contributed by atoms with van der Waals surface area (Å²) in [5.74, 6) is 1.39. The molecule has 94 valence electrons. The van der Waals surface area contributed by atoms with Crippen molar-refractivity contribution in [2.24, 2.45) is 0 Å². The normalized spacial score (nSPS) is 10.1. The number of halogens is 1. The molecule has 0 spiro atoms. The third-order valence-corrected chi connectivity index (χ3v) is 2.75. The predicted octanol–water partition coefficient (Wildman–Crippen LogP) is 1.83. The van der Waals surface area contributed by atoms with E-state index in [0.29, 0.717) is 16.2 Å². The lowest BCUT2D eigenvalue weighted by Gasteiger charge is -2.18. The summed E-state index contributed by atoms with van der Waals surface area (Å²) in [4.78, 5) is 21.8. The molecule has 0 saturated carbocycles. The maximum Gasteiger partial charge on any atom is 0.241 e. The van der Waals surface area contributed by atoms with Gasteiger partial charge in [-0.3, -0.25) is 4.79 Å². The summed E-state index contributed by atoms with van der Waals surface area (Å²) in [5.41, 5.74) is 0. The summed E-state index contributed by atoms with van der Waals surface area (Å²) in [6.07, 6.45) is 0. The lowest BCUT2D eigenvalue weighted by Crippen LogP contribution is -2.35. The van der Waals surface area contributed by atoms with Crippen LogP contribution in [0.2, 0.25) is 0 Å². The van der Waals surface area contributed by atoms with E-state index in [1.165, 1.54) is 0 Å². The average Bonchev–Trinajstić information content (AvgIpc) is 2.27. The summed E-state index contributed by atoms with van der Waals surface area (Å²) < 4.78 is 0.711. The molecule has 0 fully saturated rings. The van der Waals surface area contributed by atoms with E-state index in [1.807, 2.05) is 20.8 Å². The van der Waals surface area contributed by atoms with Gasteiger partial charge >= 0.3 is 0 Å². The fourth-order valence-corrected chi connectivity index (χ4v) is 1.95. The van der Waals surface area contributed by atoms with E-state index in [4.69, 9.17) is 0 Å². The van der Waals surface area contributed by atoms with E-state index in [-0.39, 0.29) is 12.5 Å². The molecule has 0 aliphatic rings. The second-order valence-corrected chi connectivity index (χ2v) is 4.36. The molecule has 1 aromatic heterocycles. The third-order valence-electron chi connectivity index (χ3n) is 2.34. The summed E-state index contributed by atoms with van der Waals surface area (Å²) in [6.45, 7) is 7.44. The molecule has 5 nitrogen and oxygen atoms in total. The van der Waals surface area contributed by atoms with Crippen LogP contribution in [0.3, 0.4) is 0 Å². The number of hydrogen-bond donors (Lipinski definition) is 1. The van der Waals surface area contributed by atoms with E-state index in [0.717, 1.165) is 13.1 Å². The molecule has 0 aromatic carbocycles. The van der Waals surface area contributed by atoms with Crippen molar-refractivity contribution in [3.63, 3.8) is 0 Å². The molecular weight excluding hydrogens is 284 g/mol. The van der Waals surface area contributed by atoms with Crippen LogP contribution < -0.4 is 5.32 Å². The molecule has 0 aliphatic heterocycles. The molecule has 1 rings (SSSR count). The Kier molecular flexibility index (Phi) is 5.34. The second-order valence-electron chi connectivity index (χ2n) is 3.54. The molecule has 0 bridgehead atoms. The lowest BCUT2D eigenvalue weighted by atomic mass is 10.4. The summed E-state index contributed by atoms with van der Waals surface area (Å²) in [7, 11) is 0. The zero-order chi connectivity index (χ0) is 12.8. The Morgan fingerprint density at radius 3 is 2.59 bits per heavy atom. The van der Waals surface area contributed by atoms with Crippen LogP contribution >= 0.6 is 15.9 Å². The van der Waals surface area contributed by atoms with Crippen LogP contribution in [0.5, 0.6) is 0 Å². The molecule has 0 unspecified atom stereocenters.